The predicted octanol–water partition coefficient (Wildman–Crippen LogP) is 3.89. The van der Waals surface area contributed by atoms with Crippen LogP contribution in [0.4, 0.5) is 0 Å². The Balaban J connectivity index is 1.85. The van der Waals surface area contributed by atoms with E-state index in [-0.39, 0.29) is 17.4 Å². The Labute approximate surface area is 182 Å². The third-order valence-corrected chi connectivity index (χ3v) is 6.03. The summed E-state index contributed by atoms with van der Waals surface area (Å²) >= 11 is 0. The van der Waals surface area contributed by atoms with E-state index in [9.17, 15) is 9.90 Å². The standard InChI is InChI=1S/C25H29N3O3/c1-18-14-22(29)23(25(30)28(18)17-19-8-7-11-26-16-19)24(27-12-4-3-5-13-27)20-9-6-10-21(15-20)31-2/h6-11,14-16,24,29H,3-5,12-13,17H2,1-2H3. The maximum Gasteiger partial charge on any atom is 0.259 e. The molecule has 0 spiro atoms. The Morgan fingerprint density at radius 1 is 1.13 bits per heavy atom. The third-order valence-electron chi connectivity index (χ3n) is 6.03. The lowest BCUT2D eigenvalue weighted by Crippen LogP contribution is -2.38. The van der Waals surface area contributed by atoms with E-state index >= 15 is 0 Å². The molecule has 6 heteroatoms. The number of hydrogen-bond donors (Lipinski definition) is 1. The van der Waals surface area contributed by atoms with E-state index in [0.717, 1.165) is 48.5 Å². The zero-order chi connectivity index (χ0) is 21.8. The number of aryl methyl sites for hydroxylation is 1. The molecule has 2 aromatic heterocycles. The Bertz CT molecular complexity index is 1090. The highest BCUT2D eigenvalue weighted by Gasteiger charge is 2.30. The van der Waals surface area contributed by atoms with E-state index in [0.29, 0.717) is 12.1 Å². The minimum atomic E-state index is -0.330. The molecule has 1 saturated heterocycles. The van der Waals surface area contributed by atoms with Crippen LogP contribution in [0, 0.1) is 6.92 Å². The predicted molar refractivity (Wildman–Crippen MR) is 121 cm³/mol. The van der Waals surface area contributed by atoms with Crippen molar-refractivity contribution in [3.63, 3.8) is 0 Å². The molecule has 0 saturated carbocycles. The number of aromatic hydroxyl groups is 1. The van der Waals surface area contributed by atoms with Crippen LogP contribution in [0.25, 0.3) is 0 Å². The van der Waals surface area contributed by atoms with Gasteiger partial charge in [0.25, 0.3) is 5.56 Å². The maximum absolute atomic E-state index is 13.8. The quantitative estimate of drug-likeness (QED) is 0.657. The molecule has 1 N–H and O–H groups in total. The SMILES string of the molecule is COc1cccc(C(c2c(O)cc(C)n(Cc3cccnc3)c2=O)N2CCCCC2)c1. The lowest BCUT2D eigenvalue weighted by Gasteiger charge is -2.35. The van der Waals surface area contributed by atoms with Gasteiger partial charge in [-0.1, -0.05) is 24.6 Å². The van der Waals surface area contributed by atoms with Crippen LogP contribution in [0.3, 0.4) is 0 Å². The second kappa shape index (κ2) is 9.35. The van der Waals surface area contributed by atoms with Gasteiger partial charge in [-0.05, 0) is 68.2 Å². The van der Waals surface area contributed by atoms with Gasteiger partial charge in [0.05, 0.1) is 25.3 Å². The second-order valence-corrected chi connectivity index (χ2v) is 8.11. The summed E-state index contributed by atoms with van der Waals surface area (Å²) in [5, 5.41) is 11.0. The van der Waals surface area contributed by atoms with Crippen LogP contribution in [-0.4, -0.2) is 39.8 Å². The normalized spacial score (nSPS) is 15.5. The molecule has 1 atom stereocenters. The summed E-state index contributed by atoms with van der Waals surface area (Å²) in [6.45, 7) is 4.04. The number of pyridine rings is 2. The van der Waals surface area contributed by atoms with Crippen LogP contribution in [0.5, 0.6) is 11.5 Å². The van der Waals surface area contributed by atoms with Crippen molar-refractivity contribution in [3.8, 4) is 11.5 Å². The van der Waals surface area contributed by atoms with Gasteiger partial charge in [0.15, 0.2) is 0 Å². The minimum absolute atomic E-state index is 0.0448. The molecule has 1 unspecified atom stereocenters. The molecular formula is C25H29N3O3. The first-order chi connectivity index (χ1) is 15.1. The van der Waals surface area contributed by atoms with Crippen molar-refractivity contribution in [2.24, 2.45) is 0 Å². The van der Waals surface area contributed by atoms with Gasteiger partial charge >= 0.3 is 0 Å². The lowest BCUT2D eigenvalue weighted by molar-refractivity contribution is 0.183. The van der Waals surface area contributed by atoms with Crippen LogP contribution < -0.4 is 10.3 Å². The number of rotatable bonds is 6. The summed E-state index contributed by atoms with van der Waals surface area (Å²) in [6.07, 6.45) is 6.83. The summed E-state index contributed by atoms with van der Waals surface area (Å²) in [5.74, 6) is 0.783. The third kappa shape index (κ3) is 4.49. The molecule has 0 bridgehead atoms. The van der Waals surface area contributed by atoms with Gasteiger partial charge < -0.3 is 14.4 Å². The molecule has 162 valence electrons. The molecule has 6 nitrogen and oxygen atoms in total. The van der Waals surface area contributed by atoms with Gasteiger partial charge in [0, 0.05) is 18.1 Å². The first-order valence-corrected chi connectivity index (χ1v) is 10.8. The summed E-state index contributed by atoms with van der Waals surface area (Å²) < 4.78 is 7.16. The highest BCUT2D eigenvalue weighted by atomic mass is 16.5. The number of piperidine rings is 1. The fourth-order valence-corrected chi connectivity index (χ4v) is 4.44. The molecule has 1 fully saturated rings. The van der Waals surface area contributed by atoms with Gasteiger partial charge in [0.1, 0.15) is 11.5 Å². The van der Waals surface area contributed by atoms with Gasteiger partial charge in [-0.2, -0.15) is 0 Å². The number of methoxy groups -OCH3 is 1. The van der Waals surface area contributed by atoms with Crippen molar-refractivity contribution in [1.29, 1.82) is 0 Å². The number of hydrogen-bond acceptors (Lipinski definition) is 5. The maximum atomic E-state index is 13.8. The van der Waals surface area contributed by atoms with Crippen LogP contribution in [0.15, 0.2) is 59.7 Å². The average molecular weight is 420 g/mol. The molecule has 4 rings (SSSR count). The number of benzene rings is 1. The highest BCUT2D eigenvalue weighted by molar-refractivity contribution is 5.43. The first kappa shape index (κ1) is 21.1. The van der Waals surface area contributed by atoms with Crippen molar-refractivity contribution in [2.75, 3.05) is 20.2 Å². The molecule has 31 heavy (non-hydrogen) atoms. The summed E-state index contributed by atoms with van der Waals surface area (Å²) in [7, 11) is 1.64. The molecule has 3 heterocycles. The molecule has 3 aromatic rings. The summed E-state index contributed by atoms with van der Waals surface area (Å²) in [4.78, 5) is 20.2. The van der Waals surface area contributed by atoms with Crippen molar-refractivity contribution in [1.82, 2.24) is 14.5 Å². The fraction of sp³-hybridized carbons (Fsp3) is 0.360. The van der Waals surface area contributed by atoms with Crippen molar-refractivity contribution in [2.45, 2.75) is 38.8 Å². The van der Waals surface area contributed by atoms with Crippen LogP contribution in [0.1, 0.15) is 47.7 Å². The monoisotopic (exact) mass is 419 g/mol. The molecule has 1 aliphatic rings. The number of aromatic nitrogens is 2. The summed E-state index contributed by atoms with van der Waals surface area (Å²) in [5.41, 5.74) is 2.87. The highest BCUT2D eigenvalue weighted by Crippen LogP contribution is 2.35. The van der Waals surface area contributed by atoms with Crippen molar-refractivity contribution >= 4 is 0 Å². The fourth-order valence-electron chi connectivity index (χ4n) is 4.44. The Kier molecular flexibility index (Phi) is 6.37. The zero-order valence-corrected chi connectivity index (χ0v) is 18.1. The number of likely N-dealkylation sites (tertiary alicyclic amines) is 1. The van der Waals surface area contributed by atoms with Crippen molar-refractivity contribution < 1.29 is 9.84 Å². The molecule has 1 aliphatic heterocycles. The van der Waals surface area contributed by atoms with Gasteiger partial charge in [-0.15, -0.1) is 0 Å². The van der Waals surface area contributed by atoms with Crippen molar-refractivity contribution in [3.05, 3.63) is 87.6 Å². The number of ether oxygens (including phenoxy) is 1. The minimum Gasteiger partial charge on any atom is -0.507 e. The second-order valence-electron chi connectivity index (χ2n) is 8.11. The lowest BCUT2D eigenvalue weighted by atomic mass is 9.94. The van der Waals surface area contributed by atoms with Crippen LogP contribution in [-0.2, 0) is 6.54 Å². The molecule has 0 aliphatic carbocycles. The van der Waals surface area contributed by atoms with Crippen LogP contribution >= 0.6 is 0 Å². The molecular weight excluding hydrogens is 390 g/mol. The van der Waals surface area contributed by atoms with E-state index in [2.05, 4.69) is 9.88 Å². The van der Waals surface area contributed by atoms with Gasteiger partial charge in [0.2, 0.25) is 0 Å². The number of nitrogens with zero attached hydrogens (tertiary/aromatic N) is 3. The zero-order valence-electron chi connectivity index (χ0n) is 18.1. The smallest absolute Gasteiger partial charge is 0.259 e. The van der Waals surface area contributed by atoms with E-state index in [4.69, 9.17) is 4.74 Å². The van der Waals surface area contributed by atoms with E-state index in [1.54, 1.807) is 30.1 Å². The largest absolute Gasteiger partial charge is 0.507 e. The Morgan fingerprint density at radius 3 is 2.65 bits per heavy atom. The molecule has 0 radical (unpaired) electrons. The van der Waals surface area contributed by atoms with E-state index in [1.165, 1.54) is 6.42 Å². The van der Waals surface area contributed by atoms with E-state index < -0.39 is 0 Å². The van der Waals surface area contributed by atoms with E-state index in [1.807, 2.05) is 43.3 Å². The topological polar surface area (TPSA) is 67.6 Å². The average Bonchev–Trinajstić information content (AvgIpc) is 2.80. The van der Waals surface area contributed by atoms with Gasteiger partial charge in [-0.25, -0.2) is 0 Å². The molecule has 0 amide bonds. The first-order valence-electron chi connectivity index (χ1n) is 10.8. The van der Waals surface area contributed by atoms with Crippen LogP contribution in [0.2, 0.25) is 0 Å². The summed E-state index contributed by atoms with van der Waals surface area (Å²) in [6, 6.07) is 13.0. The molecule has 1 aromatic carbocycles. The van der Waals surface area contributed by atoms with Gasteiger partial charge in [-0.3, -0.25) is 14.7 Å². The Morgan fingerprint density at radius 2 is 1.94 bits per heavy atom. The Hall–Kier alpha value is -3.12.